The Bertz CT molecular complexity index is 335. The number of nitrogens with zero attached hydrogens (tertiary/aromatic N) is 2. The van der Waals surface area contributed by atoms with Crippen molar-refractivity contribution in [3.05, 3.63) is 11.9 Å². The Labute approximate surface area is 93.5 Å². The molecule has 4 nitrogen and oxygen atoms in total. The molecular weight excluding hydrogens is 210 g/mol. The second-order valence-corrected chi connectivity index (χ2v) is 5.22. The number of aromatic nitrogens is 2. The highest BCUT2D eigenvalue weighted by Gasteiger charge is 2.03. The van der Waals surface area contributed by atoms with E-state index in [-0.39, 0.29) is 0 Å². The van der Waals surface area contributed by atoms with Gasteiger partial charge >= 0.3 is 0 Å². The van der Waals surface area contributed by atoms with Crippen LogP contribution in [0.2, 0.25) is 0 Å². The highest BCUT2D eigenvalue weighted by molar-refractivity contribution is 7.84. The summed E-state index contributed by atoms with van der Waals surface area (Å²) >= 11 is 0. The van der Waals surface area contributed by atoms with Gasteiger partial charge in [0.15, 0.2) is 0 Å². The van der Waals surface area contributed by atoms with Crippen LogP contribution in [0.4, 0.5) is 5.95 Å². The molecule has 0 fully saturated rings. The van der Waals surface area contributed by atoms with Gasteiger partial charge in [-0.25, -0.2) is 4.98 Å². The van der Waals surface area contributed by atoms with Crippen molar-refractivity contribution in [2.75, 3.05) is 23.4 Å². The van der Waals surface area contributed by atoms with E-state index in [1.54, 1.807) is 0 Å². The maximum atomic E-state index is 11.2. The molecule has 1 heterocycles. The van der Waals surface area contributed by atoms with E-state index < -0.39 is 10.8 Å². The molecule has 1 aromatic rings. The first kappa shape index (κ1) is 12.2. The van der Waals surface area contributed by atoms with Gasteiger partial charge in [0.1, 0.15) is 0 Å². The lowest BCUT2D eigenvalue weighted by Crippen LogP contribution is -2.14. The Morgan fingerprint density at radius 3 is 2.87 bits per heavy atom. The van der Waals surface area contributed by atoms with Gasteiger partial charge in [0.25, 0.3) is 0 Å². The van der Waals surface area contributed by atoms with E-state index in [1.165, 1.54) is 0 Å². The van der Waals surface area contributed by atoms with Crippen molar-refractivity contribution in [1.29, 1.82) is 0 Å². The summed E-state index contributed by atoms with van der Waals surface area (Å²) in [5.41, 5.74) is 1.01. The van der Waals surface area contributed by atoms with Crippen LogP contribution in [0.5, 0.6) is 0 Å². The van der Waals surface area contributed by atoms with Crippen LogP contribution in [0.25, 0.3) is 0 Å². The van der Waals surface area contributed by atoms with Gasteiger partial charge in [-0.2, -0.15) is 0 Å². The van der Waals surface area contributed by atoms with E-state index in [4.69, 9.17) is 0 Å². The van der Waals surface area contributed by atoms with Crippen LogP contribution in [0, 0.1) is 6.92 Å². The molecule has 5 heteroatoms. The van der Waals surface area contributed by atoms with Crippen molar-refractivity contribution in [3.63, 3.8) is 0 Å². The van der Waals surface area contributed by atoms with E-state index in [9.17, 15) is 4.21 Å². The second kappa shape index (κ2) is 5.90. The summed E-state index contributed by atoms with van der Waals surface area (Å²) in [7, 11) is -0.702. The molecule has 15 heavy (non-hydrogen) atoms. The molecule has 0 aromatic carbocycles. The molecular formula is C10H19N3OS. The summed E-state index contributed by atoms with van der Waals surface area (Å²) in [6.07, 6.45) is 2.01. The van der Waals surface area contributed by atoms with Crippen LogP contribution >= 0.6 is 0 Å². The summed E-state index contributed by atoms with van der Waals surface area (Å²) < 4.78 is 13.3. The van der Waals surface area contributed by atoms with Crippen LogP contribution < -0.4 is 5.32 Å². The summed E-state index contributed by atoms with van der Waals surface area (Å²) in [4.78, 5) is 4.36. The fraction of sp³-hybridized carbons (Fsp3) is 0.700. The highest BCUT2D eigenvalue weighted by Crippen LogP contribution is 2.07. The molecule has 1 rings (SSSR count). The maximum Gasteiger partial charge on any atom is 0.203 e. The van der Waals surface area contributed by atoms with Gasteiger partial charge in [-0.05, 0) is 13.8 Å². The summed E-state index contributed by atoms with van der Waals surface area (Å²) in [5, 5.41) is 3.21. The van der Waals surface area contributed by atoms with Gasteiger partial charge in [0.2, 0.25) is 5.95 Å². The Hall–Kier alpha value is -0.840. The first-order valence-corrected chi connectivity index (χ1v) is 6.78. The lowest BCUT2D eigenvalue weighted by molar-refractivity contribution is 0.683. The van der Waals surface area contributed by atoms with Crippen LogP contribution in [0.3, 0.4) is 0 Å². The number of nitrogens with one attached hydrogen (secondary N) is 1. The van der Waals surface area contributed by atoms with Crippen molar-refractivity contribution in [2.45, 2.75) is 27.3 Å². The number of rotatable bonds is 6. The number of imidazole rings is 1. The number of hydrogen-bond donors (Lipinski definition) is 1. The van der Waals surface area contributed by atoms with Gasteiger partial charge in [0, 0.05) is 41.6 Å². The average molecular weight is 229 g/mol. The summed E-state index contributed by atoms with van der Waals surface area (Å²) in [6.45, 7) is 7.61. The normalized spacial score (nSPS) is 12.7. The van der Waals surface area contributed by atoms with Crippen LogP contribution in [-0.4, -0.2) is 31.8 Å². The largest absolute Gasteiger partial charge is 0.355 e. The number of anilines is 1. The van der Waals surface area contributed by atoms with Gasteiger partial charge in [-0.1, -0.05) is 6.92 Å². The van der Waals surface area contributed by atoms with Gasteiger partial charge in [-0.3, -0.25) is 4.21 Å². The van der Waals surface area contributed by atoms with E-state index in [0.29, 0.717) is 5.75 Å². The third-order valence-corrected chi connectivity index (χ3v) is 3.48. The van der Waals surface area contributed by atoms with Crippen molar-refractivity contribution in [1.82, 2.24) is 9.55 Å². The van der Waals surface area contributed by atoms with E-state index in [0.717, 1.165) is 30.5 Å². The highest BCUT2D eigenvalue weighted by atomic mass is 32.2. The molecule has 0 saturated carbocycles. The van der Waals surface area contributed by atoms with Gasteiger partial charge in [0.05, 0.1) is 5.69 Å². The fourth-order valence-corrected chi connectivity index (χ4v) is 1.97. The molecule has 1 unspecified atom stereocenters. The number of hydrogen-bond acceptors (Lipinski definition) is 3. The van der Waals surface area contributed by atoms with E-state index >= 15 is 0 Å². The third-order valence-electron chi connectivity index (χ3n) is 2.17. The molecule has 0 saturated heterocycles. The van der Waals surface area contributed by atoms with Crippen molar-refractivity contribution < 1.29 is 4.21 Å². The fourth-order valence-electron chi connectivity index (χ4n) is 1.35. The molecule has 0 amide bonds. The predicted octanol–water partition coefficient (Wildman–Crippen LogP) is 1.39. The minimum Gasteiger partial charge on any atom is -0.355 e. The zero-order valence-electron chi connectivity index (χ0n) is 9.62. The SMILES string of the molecule is CCn1cc(C)nc1NCCS(=O)CC. The third kappa shape index (κ3) is 3.66. The topological polar surface area (TPSA) is 46.9 Å². The molecule has 0 aliphatic rings. The standard InChI is InChI=1S/C10H19N3OS/c1-4-13-8-9(3)12-10(13)11-6-7-15(14)5-2/h8H,4-7H2,1-3H3,(H,11,12). The summed E-state index contributed by atoms with van der Waals surface area (Å²) in [5.74, 6) is 2.29. The zero-order chi connectivity index (χ0) is 11.3. The zero-order valence-corrected chi connectivity index (χ0v) is 10.4. The lowest BCUT2D eigenvalue weighted by Gasteiger charge is -2.06. The maximum absolute atomic E-state index is 11.2. The van der Waals surface area contributed by atoms with Crippen LogP contribution in [0.1, 0.15) is 19.5 Å². The first-order valence-electron chi connectivity index (χ1n) is 5.30. The Kier molecular flexibility index (Phi) is 4.81. The molecule has 1 aromatic heterocycles. The van der Waals surface area contributed by atoms with Crippen molar-refractivity contribution >= 4 is 16.7 Å². The van der Waals surface area contributed by atoms with Gasteiger partial charge < -0.3 is 9.88 Å². The minimum absolute atomic E-state index is 0.687. The monoisotopic (exact) mass is 229 g/mol. The van der Waals surface area contributed by atoms with E-state index in [1.807, 2.05) is 20.0 Å². The van der Waals surface area contributed by atoms with Crippen LogP contribution in [-0.2, 0) is 17.3 Å². The molecule has 0 radical (unpaired) electrons. The average Bonchev–Trinajstić information content (AvgIpc) is 2.58. The summed E-state index contributed by atoms with van der Waals surface area (Å²) in [6, 6.07) is 0. The molecule has 1 atom stereocenters. The molecule has 0 bridgehead atoms. The van der Waals surface area contributed by atoms with E-state index in [2.05, 4.69) is 21.8 Å². The molecule has 0 aliphatic heterocycles. The molecule has 1 N–H and O–H groups in total. The second-order valence-electron chi connectivity index (χ2n) is 3.35. The molecule has 86 valence electrons. The van der Waals surface area contributed by atoms with Crippen molar-refractivity contribution in [3.8, 4) is 0 Å². The Morgan fingerprint density at radius 2 is 2.27 bits per heavy atom. The first-order chi connectivity index (χ1) is 7.17. The quantitative estimate of drug-likeness (QED) is 0.802. The van der Waals surface area contributed by atoms with Gasteiger partial charge in [-0.15, -0.1) is 0 Å². The van der Waals surface area contributed by atoms with Crippen LogP contribution in [0.15, 0.2) is 6.20 Å². The lowest BCUT2D eigenvalue weighted by atomic mass is 10.6. The predicted molar refractivity (Wildman–Crippen MR) is 64.7 cm³/mol. The smallest absolute Gasteiger partial charge is 0.203 e. The Balaban J connectivity index is 2.46. The number of aryl methyl sites for hydroxylation is 2. The minimum atomic E-state index is -0.702. The Morgan fingerprint density at radius 1 is 1.53 bits per heavy atom. The molecule has 0 spiro atoms. The van der Waals surface area contributed by atoms with Crippen molar-refractivity contribution in [2.24, 2.45) is 0 Å². The molecule has 0 aliphatic carbocycles.